The Balaban J connectivity index is 1.51. The van der Waals surface area contributed by atoms with E-state index in [0.717, 1.165) is 47.8 Å². The van der Waals surface area contributed by atoms with E-state index >= 15 is 0 Å². The zero-order chi connectivity index (χ0) is 19.5. The molecule has 144 valence electrons. The van der Waals surface area contributed by atoms with Crippen LogP contribution in [0.2, 0.25) is 5.02 Å². The van der Waals surface area contributed by atoms with E-state index in [1.807, 2.05) is 59.7 Å². The Bertz CT molecular complexity index is 978. The fourth-order valence-electron chi connectivity index (χ4n) is 3.35. The number of nitrogens with zero attached hydrogens (tertiary/aromatic N) is 2. The third-order valence-corrected chi connectivity index (χ3v) is 6.04. The van der Waals surface area contributed by atoms with Crippen molar-refractivity contribution in [3.63, 3.8) is 0 Å². The van der Waals surface area contributed by atoms with E-state index < -0.39 is 0 Å². The summed E-state index contributed by atoms with van der Waals surface area (Å²) in [6, 6.07) is 13.4. The van der Waals surface area contributed by atoms with E-state index in [2.05, 4.69) is 4.98 Å². The van der Waals surface area contributed by atoms with Crippen LogP contribution in [0.5, 0.6) is 5.75 Å². The Labute approximate surface area is 173 Å². The lowest BCUT2D eigenvalue weighted by molar-refractivity contribution is 0.0787. The molecular formula is C22H21ClN2O2S. The number of ether oxygens (including phenoxy) is 1. The molecule has 0 N–H and O–H groups in total. The summed E-state index contributed by atoms with van der Waals surface area (Å²) in [5, 5.41) is 3.62. The summed E-state index contributed by atoms with van der Waals surface area (Å²) in [7, 11) is 0. The largest absolute Gasteiger partial charge is 0.486 e. The number of aromatic nitrogens is 1. The highest BCUT2D eigenvalue weighted by atomic mass is 35.5. The molecule has 0 bridgehead atoms. The van der Waals surface area contributed by atoms with Gasteiger partial charge in [0, 0.05) is 29.1 Å². The van der Waals surface area contributed by atoms with Crippen molar-refractivity contribution in [2.24, 2.45) is 0 Å². The van der Waals surface area contributed by atoms with Gasteiger partial charge in [0.05, 0.1) is 11.3 Å². The van der Waals surface area contributed by atoms with Gasteiger partial charge in [-0.15, -0.1) is 11.3 Å². The number of rotatable bonds is 5. The maximum Gasteiger partial charge on any atom is 0.257 e. The average molecular weight is 413 g/mol. The lowest BCUT2D eigenvalue weighted by Crippen LogP contribution is -2.28. The predicted molar refractivity (Wildman–Crippen MR) is 113 cm³/mol. The number of benzene rings is 2. The van der Waals surface area contributed by atoms with Crippen LogP contribution in [-0.2, 0) is 6.61 Å². The first kappa shape index (κ1) is 19.0. The zero-order valence-electron chi connectivity index (χ0n) is 15.7. The van der Waals surface area contributed by atoms with Gasteiger partial charge in [-0.25, -0.2) is 4.98 Å². The molecule has 6 heteroatoms. The van der Waals surface area contributed by atoms with Gasteiger partial charge in [0.1, 0.15) is 17.4 Å². The maximum atomic E-state index is 12.9. The van der Waals surface area contributed by atoms with Crippen molar-refractivity contribution in [2.75, 3.05) is 13.1 Å². The van der Waals surface area contributed by atoms with Gasteiger partial charge in [0.2, 0.25) is 0 Å². The van der Waals surface area contributed by atoms with Gasteiger partial charge >= 0.3 is 0 Å². The summed E-state index contributed by atoms with van der Waals surface area (Å²) in [6.07, 6.45) is 2.14. The zero-order valence-corrected chi connectivity index (χ0v) is 17.2. The van der Waals surface area contributed by atoms with Gasteiger partial charge in [0.15, 0.2) is 0 Å². The molecule has 0 saturated carbocycles. The van der Waals surface area contributed by atoms with E-state index in [4.69, 9.17) is 16.3 Å². The molecule has 0 atom stereocenters. The average Bonchev–Trinajstić information content (AvgIpc) is 3.39. The topological polar surface area (TPSA) is 42.4 Å². The number of carbonyl (C=O) groups excluding carboxylic acids is 1. The minimum Gasteiger partial charge on any atom is -0.486 e. The molecule has 28 heavy (non-hydrogen) atoms. The van der Waals surface area contributed by atoms with Crippen molar-refractivity contribution < 1.29 is 9.53 Å². The molecule has 0 spiro atoms. The van der Waals surface area contributed by atoms with E-state index in [1.165, 1.54) is 0 Å². The number of thiazole rings is 1. The second-order valence-corrected chi connectivity index (χ2v) is 8.19. The second kappa shape index (κ2) is 8.33. The summed E-state index contributed by atoms with van der Waals surface area (Å²) in [5.41, 5.74) is 3.47. The Morgan fingerprint density at radius 2 is 1.93 bits per heavy atom. The maximum absolute atomic E-state index is 12.9. The van der Waals surface area contributed by atoms with E-state index in [9.17, 15) is 4.79 Å². The highest BCUT2D eigenvalue weighted by Crippen LogP contribution is 2.29. The standard InChI is InChI=1S/C22H21ClN2O2S/c1-15-5-4-6-19(22(26)25-11-2-3-12-25)20(15)27-13-18-14-28-21(24-18)16-7-9-17(23)10-8-16/h4-10,14H,2-3,11-13H2,1H3. The van der Waals surface area contributed by atoms with Crippen molar-refractivity contribution in [2.45, 2.75) is 26.4 Å². The Morgan fingerprint density at radius 1 is 1.18 bits per heavy atom. The van der Waals surface area contributed by atoms with E-state index in [1.54, 1.807) is 11.3 Å². The Hall–Kier alpha value is -2.37. The molecule has 1 aromatic heterocycles. The molecule has 0 unspecified atom stereocenters. The number of halogens is 1. The molecule has 1 aliphatic rings. The van der Waals surface area contributed by atoms with Gasteiger partial charge in [0.25, 0.3) is 5.91 Å². The van der Waals surface area contributed by atoms with Crippen LogP contribution in [0.1, 0.15) is 34.5 Å². The summed E-state index contributed by atoms with van der Waals surface area (Å²) in [4.78, 5) is 19.4. The van der Waals surface area contributed by atoms with Gasteiger partial charge in [-0.05, 0) is 43.5 Å². The highest BCUT2D eigenvalue weighted by Gasteiger charge is 2.23. The number of amides is 1. The van der Waals surface area contributed by atoms with Crippen molar-refractivity contribution in [1.29, 1.82) is 0 Å². The number of aryl methyl sites for hydroxylation is 1. The molecule has 3 aromatic rings. The molecular weight excluding hydrogens is 392 g/mol. The highest BCUT2D eigenvalue weighted by molar-refractivity contribution is 7.13. The van der Waals surface area contributed by atoms with Crippen molar-refractivity contribution >= 4 is 28.8 Å². The molecule has 1 fully saturated rings. The van der Waals surface area contributed by atoms with Crippen LogP contribution < -0.4 is 4.74 Å². The molecule has 1 amide bonds. The smallest absolute Gasteiger partial charge is 0.257 e. The summed E-state index contributed by atoms with van der Waals surface area (Å²) in [6.45, 7) is 3.94. The molecule has 0 radical (unpaired) electrons. The van der Waals surface area contributed by atoms with Crippen molar-refractivity contribution in [3.05, 3.63) is 69.7 Å². The van der Waals surface area contributed by atoms with Gasteiger partial charge in [-0.3, -0.25) is 4.79 Å². The number of hydrogen-bond donors (Lipinski definition) is 0. The third kappa shape index (κ3) is 4.05. The summed E-state index contributed by atoms with van der Waals surface area (Å²) in [5.74, 6) is 0.705. The molecule has 4 rings (SSSR count). The van der Waals surface area contributed by atoms with Crippen LogP contribution in [0, 0.1) is 6.92 Å². The molecule has 2 aromatic carbocycles. The SMILES string of the molecule is Cc1cccc(C(=O)N2CCCC2)c1OCc1csc(-c2ccc(Cl)cc2)n1. The predicted octanol–water partition coefficient (Wildman–Crippen LogP) is 5.59. The van der Waals surface area contributed by atoms with Crippen LogP contribution in [0.25, 0.3) is 10.6 Å². The van der Waals surface area contributed by atoms with Crippen LogP contribution in [0.3, 0.4) is 0 Å². The number of likely N-dealkylation sites (tertiary alicyclic amines) is 1. The first-order valence-corrected chi connectivity index (χ1v) is 10.6. The molecule has 1 aliphatic heterocycles. The minimum atomic E-state index is 0.0522. The quantitative estimate of drug-likeness (QED) is 0.548. The van der Waals surface area contributed by atoms with Gasteiger partial charge in [-0.1, -0.05) is 35.9 Å². The fraction of sp³-hybridized carbons (Fsp3) is 0.273. The number of hydrogen-bond acceptors (Lipinski definition) is 4. The second-order valence-electron chi connectivity index (χ2n) is 6.89. The number of carbonyl (C=O) groups is 1. The van der Waals surface area contributed by atoms with Crippen molar-refractivity contribution in [1.82, 2.24) is 9.88 Å². The molecule has 0 aliphatic carbocycles. The van der Waals surface area contributed by atoms with Gasteiger partial charge in [-0.2, -0.15) is 0 Å². The fourth-order valence-corrected chi connectivity index (χ4v) is 4.28. The summed E-state index contributed by atoms with van der Waals surface area (Å²) < 4.78 is 6.08. The van der Waals surface area contributed by atoms with Crippen LogP contribution in [0.4, 0.5) is 0 Å². The first-order valence-electron chi connectivity index (χ1n) is 9.34. The number of para-hydroxylation sites is 1. The monoisotopic (exact) mass is 412 g/mol. The first-order chi connectivity index (χ1) is 13.6. The lowest BCUT2D eigenvalue weighted by Gasteiger charge is -2.19. The molecule has 2 heterocycles. The van der Waals surface area contributed by atoms with E-state index in [-0.39, 0.29) is 5.91 Å². The normalized spacial score (nSPS) is 13.7. The van der Waals surface area contributed by atoms with Crippen LogP contribution in [-0.4, -0.2) is 28.9 Å². The van der Waals surface area contributed by atoms with E-state index in [0.29, 0.717) is 22.9 Å². The lowest BCUT2D eigenvalue weighted by atomic mass is 10.1. The van der Waals surface area contributed by atoms with Crippen molar-refractivity contribution in [3.8, 4) is 16.3 Å². The molecule has 1 saturated heterocycles. The Kier molecular flexibility index (Phi) is 5.64. The van der Waals surface area contributed by atoms with Gasteiger partial charge < -0.3 is 9.64 Å². The van der Waals surface area contributed by atoms with Crippen LogP contribution >= 0.6 is 22.9 Å². The third-order valence-electron chi connectivity index (χ3n) is 4.84. The van der Waals surface area contributed by atoms with Crippen LogP contribution in [0.15, 0.2) is 47.8 Å². The molecule has 4 nitrogen and oxygen atoms in total. The summed E-state index contributed by atoms with van der Waals surface area (Å²) >= 11 is 7.53. The Morgan fingerprint density at radius 3 is 2.68 bits per heavy atom. The minimum absolute atomic E-state index is 0.0522.